The van der Waals surface area contributed by atoms with Crippen molar-refractivity contribution in [3.05, 3.63) is 35.1 Å². The van der Waals surface area contributed by atoms with Crippen LogP contribution in [0.15, 0.2) is 18.2 Å². The monoisotopic (exact) mass is 274 g/mol. The fourth-order valence-electron chi connectivity index (χ4n) is 1.26. The molecule has 0 bridgehead atoms. The quantitative estimate of drug-likeness (QED) is 0.470. The fraction of sp³-hybridized carbons (Fsp3) is 0.308. The molecule has 0 fully saturated rings. The Labute approximate surface area is 107 Å². The van der Waals surface area contributed by atoms with Crippen LogP contribution in [0.5, 0.6) is 0 Å². The van der Waals surface area contributed by atoms with Crippen LogP contribution in [0.1, 0.15) is 24.5 Å². The summed E-state index contributed by atoms with van der Waals surface area (Å²) in [5.74, 6) is 3.02. The predicted molar refractivity (Wildman–Crippen MR) is 59.5 cm³/mol. The molecule has 2 nitrogen and oxygen atoms in total. The second-order valence-electron chi connectivity index (χ2n) is 3.51. The molecule has 0 saturated carbocycles. The van der Waals surface area contributed by atoms with Gasteiger partial charge in [0, 0.05) is 5.56 Å². The van der Waals surface area contributed by atoms with Crippen molar-refractivity contribution >= 4 is 5.97 Å². The lowest BCUT2D eigenvalue weighted by atomic mass is 10.1. The molecule has 0 atom stereocenters. The predicted octanol–water partition coefficient (Wildman–Crippen LogP) is 3.15. The maximum atomic E-state index is 13.0. The van der Waals surface area contributed by atoms with E-state index >= 15 is 0 Å². The minimum absolute atomic E-state index is 0.142. The molecule has 1 aromatic carbocycles. The van der Waals surface area contributed by atoms with Crippen molar-refractivity contribution in [3.63, 3.8) is 0 Å². The molecule has 6 heteroatoms. The van der Waals surface area contributed by atoms with Crippen molar-refractivity contribution in [1.82, 2.24) is 0 Å². The van der Waals surface area contributed by atoms with E-state index in [0.717, 1.165) is 12.1 Å². The molecule has 19 heavy (non-hydrogen) atoms. The van der Waals surface area contributed by atoms with Crippen molar-refractivity contribution in [2.75, 3.05) is 6.61 Å². The molecule has 0 radical (unpaired) electrons. The highest BCUT2D eigenvalue weighted by atomic mass is 19.4. The third kappa shape index (κ3) is 5.00. The van der Waals surface area contributed by atoms with E-state index in [4.69, 9.17) is 0 Å². The maximum Gasteiger partial charge on any atom is 0.416 e. The fourth-order valence-corrected chi connectivity index (χ4v) is 1.26. The topological polar surface area (TPSA) is 26.3 Å². The number of esters is 1. The summed E-state index contributed by atoms with van der Waals surface area (Å²) in [5.41, 5.74) is -1.26. The third-order valence-electron chi connectivity index (χ3n) is 2.00. The first kappa shape index (κ1) is 15.0. The van der Waals surface area contributed by atoms with Crippen LogP contribution in [0.3, 0.4) is 0 Å². The van der Waals surface area contributed by atoms with E-state index in [1.807, 2.05) is 0 Å². The van der Waals surface area contributed by atoms with E-state index < -0.39 is 23.5 Å². The van der Waals surface area contributed by atoms with Gasteiger partial charge in [0.05, 0.1) is 12.2 Å². The van der Waals surface area contributed by atoms with Crippen molar-refractivity contribution in [3.8, 4) is 11.8 Å². The van der Waals surface area contributed by atoms with Crippen LogP contribution in [0.4, 0.5) is 17.6 Å². The Morgan fingerprint density at radius 2 is 2.00 bits per heavy atom. The highest BCUT2D eigenvalue weighted by Crippen LogP contribution is 2.30. The number of carbonyl (C=O) groups excluding carboxylic acids is 1. The molecule has 0 N–H and O–H groups in total. The van der Waals surface area contributed by atoms with Crippen molar-refractivity contribution < 1.29 is 27.1 Å². The Kier molecular flexibility index (Phi) is 4.93. The minimum Gasteiger partial charge on any atom is -0.465 e. The molecule has 0 aromatic heterocycles. The highest BCUT2D eigenvalue weighted by molar-refractivity contribution is 5.72. The smallest absolute Gasteiger partial charge is 0.416 e. The van der Waals surface area contributed by atoms with Gasteiger partial charge < -0.3 is 4.74 Å². The Hall–Kier alpha value is -2.03. The first-order chi connectivity index (χ1) is 8.82. The molecule has 1 rings (SSSR count). The number of alkyl halides is 3. The summed E-state index contributed by atoms with van der Waals surface area (Å²) in [6.45, 7) is 1.81. The second-order valence-corrected chi connectivity index (χ2v) is 3.51. The zero-order chi connectivity index (χ0) is 14.5. The van der Waals surface area contributed by atoms with Crippen LogP contribution in [0.2, 0.25) is 0 Å². The second kappa shape index (κ2) is 6.23. The average Bonchev–Trinajstić information content (AvgIpc) is 2.27. The van der Waals surface area contributed by atoms with Crippen molar-refractivity contribution in [1.29, 1.82) is 0 Å². The number of hydrogen-bond acceptors (Lipinski definition) is 2. The van der Waals surface area contributed by atoms with E-state index in [0.29, 0.717) is 6.07 Å². The summed E-state index contributed by atoms with van der Waals surface area (Å²) in [5, 5.41) is 0. The molecule has 0 aliphatic carbocycles. The average molecular weight is 274 g/mol. The van der Waals surface area contributed by atoms with Crippen LogP contribution in [-0.4, -0.2) is 12.6 Å². The van der Waals surface area contributed by atoms with Crippen LogP contribution in [0, 0.1) is 17.7 Å². The molecule has 0 aliphatic heterocycles. The van der Waals surface area contributed by atoms with Gasteiger partial charge in [-0.3, -0.25) is 4.79 Å². The Morgan fingerprint density at radius 1 is 1.32 bits per heavy atom. The minimum atomic E-state index is -4.64. The Morgan fingerprint density at radius 3 is 2.58 bits per heavy atom. The number of halogens is 4. The van der Waals surface area contributed by atoms with Crippen LogP contribution < -0.4 is 0 Å². The van der Waals surface area contributed by atoms with Gasteiger partial charge in [0.15, 0.2) is 0 Å². The van der Waals surface area contributed by atoms with E-state index in [2.05, 4.69) is 16.6 Å². The van der Waals surface area contributed by atoms with Gasteiger partial charge in [0.2, 0.25) is 0 Å². The molecule has 0 saturated heterocycles. The molecule has 0 aliphatic rings. The summed E-state index contributed by atoms with van der Waals surface area (Å²) < 4.78 is 54.8. The number of hydrogen-bond donors (Lipinski definition) is 0. The lowest BCUT2D eigenvalue weighted by molar-refractivity contribution is -0.142. The Bertz CT molecular complexity index is 524. The van der Waals surface area contributed by atoms with E-state index in [9.17, 15) is 22.4 Å². The lowest BCUT2D eigenvalue weighted by Crippen LogP contribution is -2.05. The van der Waals surface area contributed by atoms with Gasteiger partial charge in [-0.05, 0) is 25.1 Å². The van der Waals surface area contributed by atoms with Gasteiger partial charge in [0.25, 0.3) is 0 Å². The SMILES string of the molecule is CCOC(=O)CC#Cc1cc(F)cc(C(F)(F)F)c1. The Balaban J connectivity index is 2.88. The number of ether oxygens (including phenoxy) is 1. The summed E-state index contributed by atoms with van der Waals surface area (Å²) in [4.78, 5) is 10.9. The molecular weight excluding hydrogens is 264 g/mol. The standard InChI is InChI=1S/C13H10F4O2/c1-2-19-12(18)5-3-4-9-6-10(13(15,16)17)8-11(14)7-9/h6-8H,2,5H2,1H3. The number of rotatable bonds is 2. The molecule has 0 spiro atoms. The third-order valence-corrected chi connectivity index (χ3v) is 2.00. The van der Waals surface area contributed by atoms with E-state index in [1.54, 1.807) is 6.92 Å². The molecular formula is C13H10F4O2. The lowest BCUT2D eigenvalue weighted by Gasteiger charge is -2.06. The van der Waals surface area contributed by atoms with Crippen LogP contribution in [-0.2, 0) is 15.7 Å². The van der Waals surface area contributed by atoms with Crippen LogP contribution in [0.25, 0.3) is 0 Å². The molecule has 0 heterocycles. The van der Waals surface area contributed by atoms with Crippen LogP contribution >= 0.6 is 0 Å². The van der Waals surface area contributed by atoms with Gasteiger partial charge in [-0.1, -0.05) is 11.8 Å². The maximum absolute atomic E-state index is 13.0. The highest BCUT2D eigenvalue weighted by Gasteiger charge is 2.31. The van der Waals surface area contributed by atoms with E-state index in [1.165, 1.54) is 0 Å². The van der Waals surface area contributed by atoms with E-state index in [-0.39, 0.29) is 18.6 Å². The summed E-state index contributed by atoms with van der Waals surface area (Å²) in [7, 11) is 0. The zero-order valence-electron chi connectivity index (χ0n) is 9.97. The molecule has 102 valence electrons. The first-order valence-electron chi connectivity index (χ1n) is 5.35. The molecule has 0 unspecified atom stereocenters. The van der Waals surface area contributed by atoms with Gasteiger partial charge in [0.1, 0.15) is 12.2 Å². The normalized spacial score (nSPS) is 10.6. The van der Waals surface area contributed by atoms with Gasteiger partial charge in [-0.25, -0.2) is 4.39 Å². The van der Waals surface area contributed by atoms with Crippen molar-refractivity contribution in [2.45, 2.75) is 19.5 Å². The summed E-state index contributed by atoms with van der Waals surface area (Å²) in [6.07, 6.45) is -4.90. The zero-order valence-corrected chi connectivity index (χ0v) is 9.97. The number of benzene rings is 1. The summed E-state index contributed by atoms with van der Waals surface area (Å²) >= 11 is 0. The number of carbonyl (C=O) groups is 1. The van der Waals surface area contributed by atoms with Gasteiger partial charge in [-0.15, -0.1) is 0 Å². The van der Waals surface area contributed by atoms with Gasteiger partial charge >= 0.3 is 12.1 Å². The van der Waals surface area contributed by atoms with Gasteiger partial charge in [-0.2, -0.15) is 13.2 Å². The first-order valence-corrected chi connectivity index (χ1v) is 5.35. The van der Waals surface area contributed by atoms with Crippen molar-refractivity contribution in [2.24, 2.45) is 0 Å². The summed E-state index contributed by atoms with van der Waals surface area (Å²) in [6, 6.07) is 1.98. The molecule has 0 amide bonds. The largest absolute Gasteiger partial charge is 0.465 e. The molecule has 1 aromatic rings.